The molecule has 0 aliphatic carbocycles. The molecule has 144 valence electrons. The minimum atomic E-state index is -0.277. The maximum absolute atomic E-state index is 12.3. The average Bonchev–Trinajstić information content (AvgIpc) is 3.25. The first kappa shape index (κ1) is 18.5. The van der Waals surface area contributed by atoms with Gasteiger partial charge in [0.25, 0.3) is 0 Å². The van der Waals surface area contributed by atoms with E-state index in [0.29, 0.717) is 11.6 Å². The van der Waals surface area contributed by atoms with Crippen LogP contribution in [0.15, 0.2) is 89.5 Å². The predicted molar refractivity (Wildman–Crippen MR) is 116 cm³/mol. The van der Waals surface area contributed by atoms with Gasteiger partial charge in [0.2, 0.25) is 5.89 Å². The third-order valence-electron chi connectivity index (χ3n) is 4.61. The number of nitrogens with zero attached hydrogens (tertiary/aromatic N) is 1. The van der Waals surface area contributed by atoms with Gasteiger partial charge in [0, 0.05) is 22.5 Å². The Labute approximate surface area is 169 Å². The van der Waals surface area contributed by atoms with Crippen LogP contribution in [0.3, 0.4) is 0 Å². The SMILES string of the molecule is CCc1ccccc1NC(=O)Nc1ccc(-c2nc(-c3ccccc3)co2)cc1. The van der Waals surface area contributed by atoms with Crippen LogP contribution in [-0.4, -0.2) is 11.0 Å². The zero-order valence-electron chi connectivity index (χ0n) is 16.1. The van der Waals surface area contributed by atoms with Crippen LogP contribution in [0, 0.1) is 0 Å². The van der Waals surface area contributed by atoms with Crippen LogP contribution in [0.2, 0.25) is 0 Å². The minimum absolute atomic E-state index is 0.277. The summed E-state index contributed by atoms with van der Waals surface area (Å²) in [4.78, 5) is 16.9. The van der Waals surface area contributed by atoms with Crippen molar-refractivity contribution < 1.29 is 9.21 Å². The summed E-state index contributed by atoms with van der Waals surface area (Å²) in [6.07, 6.45) is 2.50. The number of aromatic nitrogens is 1. The van der Waals surface area contributed by atoms with Crippen LogP contribution in [0.1, 0.15) is 12.5 Å². The fourth-order valence-corrected chi connectivity index (χ4v) is 3.08. The lowest BCUT2D eigenvalue weighted by molar-refractivity contribution is 0.262. The molecule has 0 aliphatic heterocycles. The second-order valence-electron chi connectivity index (χ2n) is 6.57. The number of carbonyl (C=O) groups excluding carboxylic acids is 1. The Morgan fingerprint density at radius 2 is 1.59 bits per heavy atom. The summed E-state index contributed by atoms with van der Waals surface area (Å²) in [5, 5.41) is 5.75. The number of hydrogen-bond acceptors (Lipinski definition) is 3. The molecule has 1 heterocycles. The molecule has 5 heteroatoms. The van der Waals surface area contributed by atoms with Gasteiger partial charge in [-0.2, -0.15) is 0 Å². The molecule has 0 bridgehead atoms. The molecular formula is C24H21N3O2. The number of urea groups is 1. The largest absolute Gasteiger partial charge is 0.444 e. The molecule has 4 rings (SSSR count). The van der Waals surface area contributed by atoms with Gasteiger partial charge >= 0.3 is 6.03 Å². The first-order valence-electron chi connectivity index (χ1n) is 9.50. The van der Waals surface area contributed by atoms with Gasteiger partial charge in [-0.3, -0.25) is 0 Å². The van der Waals surface area contributed by atoms with Gasteiger partial charge in [-0.1, -0.05) is 55.5 Å². The normalized spacial score (nSPS) is 10.5. The minimum Gasteiger partial charge on any atom is -0.444 e. The molecule has 4 aromatic rings. The van der Waals surface area contributed by atoms with Crippen LogP contribution >= 0.6 is 0 Å². The number of anilines is 2. The molecule has 0 saturated heterocycles. The van der Waals surface area contributed by atoms with Crippen LogP contribution in [0.4, 0.5) is 16.2 Å². The summed E-state index contributed by atoms with van der Waals surface area (Å²) in [6, 6.07) is 24.8. The molecule has 3 aromatic carbocycles. The Balaban J connectivity index is 1.43. The van der Waals surface area contributed by atoms with Gasteiger partial charge in [0.05, 0.1) is 0 Å². The van der Waals surface area contributed by atoms with Crippen molar-refractivity contribution >= 4 is 17.4 Å². The summed E-state index contributed by atoms with van der Waals surface area (Å²) in [5.74, 6) is 0.539. The van der Waals surface area contributed by atoms with Crippen molar-refractivity contribution in [1.82, 2.24) is 4.98 Å². The van der Waals surface area contributed by atoms with E-state index in [1.165, 1.54) is 0 Å². The van der Waals surface area contributed by atoms with Crippen molar-refractivity contribution in [2.75, 3.05) is 10.6 Å². The van der Waals surface area contributed by atoms with Crippen molar-refractivity contribution in [3.8, 4) is 22.7 Å². The topological polar surface area (TPSA) is 67.2 Å². The lowest BCUT2D eigenvalue weighted by atomic mass is 10.1. The van der Waals surface area contributed by atoms with Crippen molar-refractivity contribution in [2.45, 2.75) is 13.3 Å². The monoisotopic (exact) mass is 383 g/mol. The van der Waals surface area contributed by atoms with E-state index in [1.807, 2.05) is 78.9 Å². The number of aryl methyl sites for hydroxylation is 1. The molecule has 29 heavy (non-hydrogen) atoms. The van der Waals surface area contributed by atoms with Gasteiger partial charge < -0.3 is 15.1 Å². The molecule has 0 radical (unpaired) electrons. The first-order chi connectivity index (χ1) is 14.2. The molecule has 0 spiro atoms. The molecule has 5 nitrogen and oxygen atoms in total. The highest BCUT2D eigenvalue weighted by Gasteiger charge is 2.09. The summed E-state index contributed by atoms with van der Waals surface area (Å²) >= 11 is 0. The smallest absolute Gasteiger partial charge is 0.323 e. The summed E-state index contributed by atoms with van der Waals surface area (Å²) < 4.78 is 5.62. The van der Waals surface area contributed by atoms with E-state index in [-0.39, 0.29) is 6.03 Å². The highest BCUT2D eigenvalue weighted by molar-refractivity contribution is 6.00. The van der Waals surface area contributed by atoms with E-state index in [2.05, 4.69) is 22.5 Å². The second kappa shape index (κ2) is 8.44. The number of amides is 2. The van der Waals surface area contributed by atoms with Crippen LogP contribution < -0.4 is 10.6 Å². The number of oxazole rings is 1. The van der Waals surface area contributed by atoms with Gasteiger partial charge in [0.1, 0.15) is 12.0 Å². The number of rotatable bonds is 5. The fraction of sp³-hybridized carbons (Fsp3) is 0.0833. The standard InChI is InChI=1S/C24H21N3O2/c1-2-17-8-6-7-11-21(17)27-24(28)25-20-14-12-19(13-15-20)23-26-22(16-29-23)18-9-4-3-5-10-18/h3-16H,2H2,1H3,(H2,25,27,28). The maximum Gasteiger partial charge on any atom is 0.323 e. The Bertz CT molecular complexity index is 1100. The van der Waals surface area contributed by atoms with Crippen LogP contribution in [0.25, 0.3) is 22.7 Å². The van der Waals surface area contributed by atoms with Crippen LogP contribution in [-0.2, 0) is 6.42 Å². The van der Waals surface area contributed by atoms with Crippen molar-refractivity contribution in [3.63, 3.8) is 0 Å². The zero-order valence-corrected chi connectivity index (χ0v) is 16.1. The summed E-state index contributed by atoms with van der Waals surface area (Å²) in [7, 11) is 0. The van der Waals surface area contributed by atoms with Gasteiger partial charge in [-0.05, 0) is 42.3 Å². The summed E-state index contributed by atoms with van der Waals surface area (Å²) in [6.45, 7) is 2.06. The van der Waals surface area contributed by atoms with Gasteiger partial charge in [0.15, 0.2) is 0 Å². The van der Waals surface area contributed by atoms with Crippen molar-refractivity contribution in [3.05, 3.63) is 90.7 Å². The molecule has 2 amide bonds. The van der Waals surface area contributed by atoms with E-state index in [9.17, 15) is 4.79 Å². The molecule has 0 saturated carbocycles. The molecule has 0 fully saturated rings. The number of nitrogens with one attached hydrogen (secondary N) is 2. The Morgan fingerprint density at radius 1 is 0.862 bits per heavy atom. The highest BCUT2D eigenvalue weighted by Crippen LogP contribution is 2.25. The van der Waals surface area contributed by atoms with Crippen molar-refractivity contribution in [1.29, 1.82) is 0 Å². The second-order valence-corrected chi connectivity index (χ2v) is 6.57. The Morgan fingerprint density at radius 3 is 2.34 bits per heavy atom. The quantitative estimate of drug-likeness (QED) is 0.430. The predicted octanol–water partition coefficient (Wildman–Crippen LogP) is 6.22. The van der Waals surface area contributed by atoms with E-state index >= 15 is 0 Å². The van der Waals surface area contributed by atoms with Crippen molar-refractivity contribution in [2.24, 2.45) is 0 Å². The van der Waals surface area contributed by atoms with Gasteiger partial charge in [-0.15, -0.1) is 0 Å². The Hall–Kier alpha value is -3.86. The molecular weight excluding hydrogens is 362 g/mol. The zero-order chi connectivity index (χ0) is 20.1. The van der Waals surface area contributed by atoms with E-state index in [1.54, 1.807) is 6.26 Å². The first-order valence-corrected chi connectivity index (χ1v) is 9.50. The molecule has 1 aromatic heterocycles. The van der Waals surface area contributed by atoms with E-state index in [0.717, 1.165) is 34.5 Å². The third kappa shape index (κ3) is 4.35. The lowest BCUT2D eigenvalue weighted by Gasteiger charge is -2.11. The number of para-hydroxylation sites is 1. The molecule has 0 unspecified atom stereocenters. The fourth-order valence-electron chi connectivity index (χ4n) is 3.08. The number of benzene rings is 3. The highest BCUT2D eigenvalue weighted by atomic mass is 16.3. The van der Waals surface area contributed by atoms with Crippen LogP contribution in [0.5, 0.6) is 0 Å². The van der Waals surface area contributed by atoms with Gasteiger partial charge in [-0.25, -0.2) is 9.78 Å². The Kier molecular flexibility index (Phi) is 5.38. The average molecular weight is 383 g/mol. The number of hydrogen-bond donors (Lipinski definition) is 2. The van der Waals surface area contributed by atoms with E-state index in [4.69, 9.17) is 4.42 Å². The summed E-state index contributed by atoms with van der Waals surface area (Å²) in [5.41, 5.74) is 5.24. The molecule has 0 atom stereocenters. The molecule has 0 aliphatic rings. The van der Waals surface area contributed by atoms with E-state index < -0.39 is 0 Å². The lowest BCUT2D eigenvalue weighted by Crippen LogP contribution is -2.20. The molecule has 2 N–H and O–H groups in total. The maximum atomic E-state index is 12.3. The third-order valence-corrected chi connectivity index (χ3v) is 4.61. The number of carbonyl (C=O) groups is 1.